The van der Waals surface area contributed by atoms with Crippen molar-refractivity contribution in [3.05, 3.63) is 35.9 Å². The van der Waals surface area contributed by atoms with Gasteiger partial charge < -0.3 is 37.9 Å². The number of carbonyl (C=O) groups excluding carboxylic acids is 4. The third-order valence-electron chi connectivity index (χ3n) is 9.19. The molecule has 2 heterocycles. The van der Waals surface area contributed by atoms with Crippen LogP contribution < -0.4 is 0 Å². The number of alkyl halides is 3. The first-order chi connectivity index (χ1) is 23.3. The first-order valence-corrected chi connectivity index (χ1v) is 17.5. The highest BCUT2D eigenvalue weighted by Gasteiger charge is 2.59. The minimum Gasteiger partial charge on any atom is -0.465 e. The highest BCUT2D eigenvalue weighted by molar-refractivity contribution is 6.76. The number of methoxy groups -OCH3 is 1. The van der Waals surface area contributed by atoms with Gasteiger partial charge in [0.05, 0.1) is 12.7 Å². The van der Waals surface area contributed by atoms with Crippen LogP contribution in [-0.2, 0) is 52.3 Å². The van der Waals surface area contributed by atoms with E-state index in [1.165, 1.54) is 33.1 Å². The van der Waals surface area contributed by atoms with Crippen LogP contribution in [0.15, 0.2) is 30.3 Å². The molecule has 0 amide bonds. The maximum atomic E-state index is 13.9. The monoisotopic (exact) mass is 765 g/mol. The lowest BCUT2D eigenvalue weighted by atomic mass is 9.77. The SMILES string of the molecule is CC[C@@H](C)[C@@H](OC(C)=O)C1O[C@@](OC2C(OC(=O)c3ccccc3)C(OC(=N)C(Cl)(Cl)Cl)O[C@H](COC(C)=O)[C@H]2C)(C(=O)OC)C[C@H](C)[C@H]1C. The van der Waals surface area contributed by atoms with Crippen molar-refractivity contribution in [3.63, 3.8) is 0 Å². The van der Waals surface area contributed by atoms with Gasteiger partial charge in [-0.25, -0.2) is 9.59 Å². The van der Waals surface area contributed by atoms with Crippen molar-refractivity contribution in [2.75, 3.05) is 13.7 Å². The molecule has 2 fully saturated rings. The summed E-state index contributed by atoms with van der Waals surface area (Å²) in [6, 6.07) is 8.02. The molecular formula is C34H46Cl3NO12. The summed E-state index contributed by atoms with van der Waals surface area (Å²) in [7, 11) is 1.17. The van der Waals surface area contributed by atoms with Crippen molar-refractivity contribution in [1.29, 1.82) is 5.41 Å². The summed E-state index contributed by atoms with van der Waals surface area (Å²) in [5.74, 6) is -7.32. The molecule has 3 rings (SSSR count). The van der Waals surface area contributed by atoms with Crippen LogP contribution in [0.2, 0.25) is 0 Å². The highest BCUT2D eigenvalue weighted by atomic mass is 35.6. The second-order valence-electron chi connectivity index (χ2n) is 12.8. The maximum absolute atomic E-state index is 13.9. The van der Waals surface area contributed by atoms with Gasteiger partial charge in [0.15, 0.2) is 6.10 Å². The number of carbonyl (C=O) groups is 4. The molecule has 1 aromatic carbocycles. The number of nitrogens with one attached hydrogen (secondary N) is 1. The van der Waals surface area contributed by atoms with E-state index in [-0.39, 0.29) is 36.3 Å². The number of halogens is 3. The van der Waals surface area contributed by atoms with E-state index in [9.17, 15) is 19.2 Å². The van der Waals surface area contributed by atoms with E-state index in [4.69, 9.17) is 78.1 Å². The number of hydrogen-bond acceptors (Lipinski definition) is 13. The number of esters is 4. The Kier molecular flexibility index (Phi) is 14.8. The molecule has 16 heteroatoms. The third-order valence-corrected chi connectivity index (χ3v) is 9.70. The fraction of sp³-hybridized carbons (Fsp3) is 0.676. The topological polar surface area (TPSA) is 166 Å². The molecular weight excluding hydrogens is 721 g/mol. The predicted octanol–water partition coefficient (Wildman–Crippen LogP) is 5.79. The quantitative estimate of drug-likeness (QED) is 0.0896. The lowest BCUT2D eigenvalue weighted by molar-refractivity contribution is -0.357. The Balaban J connectivity index is 2.19. The number of benzene rings is 1. The second-order valence-corrected chi connectivity index (χ2v) is 15.1. The lowest BCUT2D eigenvalue weighted by Crippen LogP contribution is -2.65. The van der Waals surface area contributed by atoms with Gasteiger partial charge in [-0.2, -0.15) is 0 Å². The fourth-order valence-electron chi connectivity index (χ4n) is 6.01. The van der Waals surface area contributed by atoms with Crippen LogP contribution in [0.4, 0.5) is 0 Å². The zero-order chi connectivity index (χ0) is 37.6. The van der Waals surface area contributed by atoms with Crippen LogP contribution in [-0.4, -0.2) is 89.9 Å². The molecule has 280 valence electrons. The number of hydrogen-bond donors (Lipinski definition) is 1. The molecule has 1 aromatic rings. The molecule has 1 N–H and O–H groups in total. The Morgan fingerprint density at radius 3 is 2.18 bits per heavy atom. The molecule has 0 saturated carbocycles. The average Bonchev–Trinajstić information content (AvgIpc) is 3.06. The van der Waals surface area contributed by atoms with Crippen molar-refractivity contribution in [3.8, 4) is 0 Å². The van der Waals surface area contributed by atoms with E-state index < -0.39 is 82.1 Å². The Morgan fingerprint density at radius 1 is 1.00 bits per heavy atom. The Bertz CT molecular complexity index is 1360. The molecule has 13 nitrogen and oxygen atoms in total. The first kappa shape index (κ1) is 41.7. The van der Waals surface area contributed by atoms with E-state index >= 15 is 0 Å². The summed E-state index contributed by atoms with van der Waals surface area (Å²) in [5.41, 5.74) is 0.160. The smallest absolute Gasteiger partial charge is 0.366 e. The van der Waals surface area contributed by atoms with Gasteiger partial charge in [-0.05, 0) is 36.3 Å². The molecule has 50 heavy (non-hydrogen) atoms. The van der Waals surface area contributed by atoms with Gasteiger partial charge in [0.1, 0.15) is 31.0 Å². The standard InChI is InChI=1S/C34H46Cl3NO12/c1-9-17(2)25(45-22(7)40)26-19(4)18(3)15-33(49-26,32(42)43-8)50-27-20(5)24(16-44-21(6)39)46-30(48-31(38)34(35,36)37)28(27)47-29(41)23-13-11-10-12-14-23/h10-14,17-20,24-28,30,38H,9,15-16H2,1-8H3/t17-,18+,19-,20-,24-,25-,26?,27?,28?,30?,33+/m1/s1. The normalized spacial score (nSPS) is 31.0. The minimum atomic E-state index is -2.34. The van der Waals surface area contributed by atoms with E-state index in [1.54, 1.807) is 25.1 Å². The molecule has 2 aliphatic rings. The minimum absolute atomic E-state index is 0.0157. The van der Waals surface area contributed by atoms with Crippen LogP contribution in [0, 0.1) is 29.1 Å². The van der Waals surface area contributed by atoms with E-state index in [1.807, 2.05) is 27.7 Å². The molecule has 0 radical (unpaired) electrons. The molecule has 2 saturated heterocycles. The first-order valence-electron chi connectivity index (χ1n) is 16.3. The molecule has 0 bridgehead atoms. The summed E-state index contributed by atoms with van der Waals surface area (Å²) in [6.45, 7) is 11.5. The van der Waals surface area contributed by atoms with Crippen LogP contribution in [0.5, 0.6) is 0 Å². The van der Waals surface area contributed by atoms with Gasteiger partial charge in [0, 0.05) is 26.2 Å². The van der Waals surface area contributed by atoms with Crippen molar-refractivity contribution < 1.29 is 57.1 Å². The van der Waals surface area contributed by atoms with Crippen molar-refractivity contribution in [2.45, 2.75) is 108 Å². The third kappa shape index (κ3) is 10.2. The van der Waals surface area contributed by atoms with E-state index in [0.29, 0.717) is 6.42 Å². The summed E-state index contributed by atoms with van der Waals surface area (Å²) < 4.78 is 45.0. The number of ether oxygens (including phenoxy) is 8. The molecule has 4 unspecified atom stereocenters. The summed E-state index contributed by atoms with van der Waals surface area (Å²) >= 11 is 17.8. The zero-order valence-electron chi connectivity index (χ0n) is 29.3. The lowest BCUT2D eigenvalue weighted by Gasteiger charge is -2.51. The molecule has 2 aliphatic heterocycles. The van der Waals surface area contributed by atoms with Crippen LogP contribution in [0.25, 0.3) is 0 Å². The van der Waals surface area contributed by atoms with Crippen LogP contribution >= 0.6 is 34.8 Å². The molecule has 0 aromatic heterocycles. The molecule has 0 spiro atoms. The summed E-state index contributed by atoms with van der Waals surface area (Å²) in [6.07, 6.45) is -6.52. The average molecular weight is 767 g/mol. The van der Waals surface area contributed by atoms with Crippen LogP contribution in [0.1, 0.15) is 71.7 Å². The maximum Gasteiger partial charge on any atom is 0.366 e. The van der Waals surface area contributed by atoms with Crippen molar-refractivity contribution in [2.24, 2.45) is 23.7 Å². The zero-order valence-corrected chi connectivity index (χ0v) is 31.6. The highest BCUT2D eigenvalue weighted by Crippen LogP contribution is 2.45. The van der Waals surface area contributed by atoms with Gasteiger partial charge in [0.2, 0.25) is 12.2 Å². The summed E-state index contributed by atoms with van der Waals surface area (Å²) in [4.78, 5) is 51.5. The Hall–Kier alpha value is -2.68. The van der Waals surface area contributed by atoms with Crippen molar-refractivity contribution >= 4 is 64.6 Å². The van der Waals surface area contributed by atoms with E-state index in [0.717, 1.165) is 0 Å². The number of rotatable bonds is 12. The predicted molar refractivity (Wildman–Crippen MR) is 182 cm³/mol. The summed E-state index contributed by atoms with van der Waals surface area (Å²) in [5, 5.41) is 8.29. The van der Waals surface area contributed by atoms with Gasteiger partial charge in [-0.15, -0.1) is 0 Å². The van der Waals surface area contributed by atoms with Gasteiger partial charge in [0.25, 0.3) is 9.58 Å². The molecule has 0 aliphatic carbocycles. The second kappa shape index (κ2) is 17.7. The van der Waals surface area contributed by atoms with Gasteiger partial charge in [-0.1, -0.05) is 87.6 Å². The molecule has 11 atom stereocenters. The Labute approximate surface area is 307 Å². The van der Waals surface area contributed by atoms with Crippen LogP contribution in [0.3, 0.4) is 0 Å². The van der Waals surface area contributed by atoms with Gasteiger partial charge in [-0.3, -0.25) is 15.0 Å². The fourth-order valence-corrected chi connectivity index (χ4v) is 6.14. The Morgan fingerprint density at radius 2 is 1.64 bits per heavy atom. The van der Waals surface area contributed by atoms with Crippen molar-refractivity contribution in [1.82, 2.24) is 0 Å². The van der Waals surface area contributed by atoms with Gasteiger partial charge >= 0.3 is 23.9 Å². The largest absolute Gasteiger partial charge is 0.465 e. The van der Waals surface area contributed by atoms with E-state index in [2.05, 4.69) is 0 Å².